The molecule has 0 saturated carbocycles. The van der Waals surface area contributed by atoms with E-state index < -0.39 is 0 Å². The van der Waals surface area contributed by atoms with E-state index in [9.17, 15) is 4.79 Å². The van der Waals surface area contributed by atoms with Crippen molar-refractivity contribution < 1.29 is 0 Å². The zero-order chi connectivity index (χ0) is 20.8. The Labute approximate surface area is 175 Å². The maximum absolute atomic E-state index is 12.8. The largest absolute Gasteiger partial charge is 0.327 e. The average molecular weight is 396 g/mol. The lowest BCUT2D eigenvalue weighted by Gasteiger charge is -2.15. The molecule has 0 atom stereocenters. The van der Waals surface area contributed by atoms with Gasteiger partial charge >= 0.3 is 0 Å². The lowest BCUT2D eigenvalue weighted by Crippen LogP contribution is -2.31. The summed E-state index contributed by atoms with van der Waals surface area (Å²) in [6, 6.07) is 19.1. The second-order valence-corrected chi connectivity index (χ2v) is 7.82. The summed E-state index contributed by atoms with van der Waals surface area (Å²) in [5, 5.41) is 1.95. The molecular weight excluding hydrogens is 370 g/mol. The number of aromatic nitrogens is 3. The fourth-order valence-corrected chi connectivity index (χ4v) is 4.61. The quantitative estimate of drug-likeness (QED) is 0.523. The maximum Gasteiger partial charge on any atom is 0.276 e. The number of fused-ring (bicyclic) bond motifs is 3. The molecule has 0 amide bonds. The highest BCUT2D eigenvalue weighted by atomic mass is 16.1. The van der Waals surface area contributed by atoms with Crippen LogP contribution in [0.1, 0.15) is 24.6 Å². The summed E-state index contributed by atoms with van der Waals surface area (Å²) in [7, 11) is 1.91. The summed E-state index contributed by atoms with van der Waals surface area (Å²) < 4.78 is 6.00. The van der Waals surface area contributed by atoms with Gasteiger partial charge in [0.15, 0.2) is 0 Å². The van der Waals surface area contributed by atoms with Crippen LogP contribution in [-0.2, 0) is 20.0 Å². The van der Waals surface area contributed by atoms with E-state index in [1.54, 1.807) is 4.57 Å². The van der Waals surface area contributed by atoms with Crippen LogP contribution in [0.4, 0.5) is 0 Å². The first-order valence-corrected chi connectivity index (χ1v) is 10.4. The fraction of sp³-hybridized carbons (Fsp3) is 0.192. The normalized spacial score (nSPS) is 14.2. The van der Waals surface area contributed by atoms with Crippen LogP contribution in [0.15, 0.2) is 65.0 Å². The first-order valence-electron chi connectivity index (χ1n) is 10.4. The summed E-state index contributed by atoms with van der Waals surface area (Å²) in [6.07, 6.45) is 6.14. The lowest BCUT2D eigenvalue weighted by atomic mass is 9.95. The number of rotatable bonds is 3. The third kappa shape index (κ3) is 2.71. The molecule has 0 unspecified atom stereocenters. The highest BCUT2D eigenvalue weighted by Gasteiger charge is 2.20. The van der Waals surface area contributed by atoms with Gasteiger partial charge in [-0.3, -0.25) is 9.36 Å². The van der Waals surface area contributed by atoms with Crippen LogP contribution in [0.2, 0.25) is 0 Å². The van der Waals surface area contributed by atoms with Crippen LogP contribution in [-0.4, -0.2) is 13.7 Å². The molecule has 4 aromatic rings. The molecule has 2 aromatic carbocycles. The first kappa shape index (κ1) is 18.5. The summed E-state index contributed by atoms with van der Waals surface area (Å²) >= 11 is 0. The highest BCUT2D eigenvalue weighted by Crippen LogP contribution is 2.35. The number of allylic oxidation sites excluding steroid dienone is 1. The van der Waals surface area contributed by atoms with Gasteiger partial charge in [-0.25, -0.2) is 0 Å². The zero-order valence-corrected chi connectivity index (χ0v) is 17.4. The van der Waals surface area contributed by atoms with Crippen molar-refractivity contribution in [3.05, 3.63) is 92.6 Å². The molecule has 5 rings (SSSR count). The Balaban J connectivity index is 1.74. The molecule has 1 aliphatic rings. The number of imidazole rings is 1. The van der Waals surface area contributed by atoms with Crippen molar-refractivity contribution in [2.75, 3.05) is 0 Å². The minimum absolute atomic E-state index is 0.0309. The van der Waals surface area contributed by atoms with Gasteiger partial charge in [0.25, 0.3) is 5.56 Å². The molecule has 0 N–H and O–H groups in total. The van der Waals surface area contributed by atoms with Crippen molar-refractivity contribution in [2.24, 2.45) is 7.05 Å². The lowest BCUT2D eigenvalue weighted by molar-refractivity contribution is 0.686. The zero-order valence-electron chi connectivity index (χ0n) is 17.4. The standard InChI is InChI=1S/C26H25N3O/c1-4-28-18(2)27(3)25(26(28)30)17-19-14-15-24-22(16-19)21-12-8-9-13-23(21)29(24)20-10-6-5-7-11-20/h5-13,16-17H,2,4,14-15H2,1,3H3/b25-17+. The monoisotopic (exact) mass is 395 g/mol. The van der Waals surface area contributed by atoms with Gasteiger partial charge in [0.2, 0.25) is 0 Å². The van der Waals surface area contributed by atoms with Crippen LogP contribution in [0, 0.1) is 0 Å². The Kier molecular flexibility index (Phi) is 4.35. The highest BCUT2D eigenvalue weighted by molar-refractivity contribution is 5.94. The molecule has 4 nitrogen and oxygen atoms in total. The number of hydrogen-bond donors (Lipinski definition) is 0. The molecule has 0 radical (unpaired) electrons. The number of hydrogen-bond acceptors (Lipinski definition) is 1. The van der Waals surface area contributed by atoms with E-state index in [-0.39, 0.29) is 5.56 Å². The molecule has 0 aliphatic heterocycles. The van der Waals surface area contributed by atoms with E-state index in [0.29, 0.717) is 11.9 Å². The van der Waals surface area contributed by atoms with Crippen LogP contribution in [0.5, 0.6) is 0 Å². The van der Waals surface area contributed by atoms with Crippen molar-refractivity contribution in [2.45, 2.75) is 26.3 Å². The molecule has 150 valence electrons. The number of benzene rings is 2. The Bertz CT molecular complexity index is 1460. The SMILES string of the molecule is C=c1n(CC)c(=O)/c(=C\C2=Cc3c(n(-c4ccccc4)c4ccccc34)CC2)n1C. The predicted molar refractivity (Wildman–Crippen MR) is 124 cm³/mol. The van der Waals surface area contributed by atoms with E-state index in [2.05, 4.69) is 65.8 Å². The van der Waals surface area contributed by atoms with Crippen LogP contribution < -0.4 is 16.4 Å². The molecule has 4 heteroatoms. The number of para-hydroxylation sites is 2. The third-order valence-corrected chi connectivity index (χ3v) is 6.17. The van der Waals surface area contributed by atoms with Crippen LogP contribution in [0.25, 0.3) is 35.3 Å². The molecule has 2 aromatic heterocycles. The number of nitrogens with zero attached hydrogens (tertiary/aromatic N) is 3. The van der Waals surface area contributed by atoms with Crippen molar-refractivity contribution in [3.8, 4) is 5.69 Å². The van der Waals surface area contributed by atoms with E-state index in [4.69, 9.17) is 0 Å². The summed E-state index contributed by atoms with van der Waals surface area (Å²) in [5.74, 6) is 0. The first-order chi connectivity index (χ1) is 14.6. The molecular formula is C26H25N3O. The van der Waals surface area contributed by atoms with E-state index in [0.717, 1.165) is 18.3 Å². The van der Waals surface area contributed by atoms with Crippen molar-refractivity contribution in [3.63, 3.8) is 0 Å². The van der Waals surface area contributed by atoms with Gasteiger partial charge in [-0.05, 0) is 55.7 Å². The molecule has 1 aliphatic carbocycles. The van der Waals surface area contributed by atoms with E-state index in [1.807, 2.05) is 30.7 Å². The van der Waals surface area contributed by atoms with E-state index in [1.165, 1.54) is 33.4 Å². The molecule has 0 spiro atoms. The second kappa shape index (κ2) is 7.06. The molecule has 0 saturated heterocycles. The van der Waals surface area contributed by atoms with E-state index >= 15 is 0 Å². The summed E-state index contributed by atoms with van der Waals surface area (Å²) in [4.78, 5) is 12.8. The van der Waals surface area contributed by atoms with Gasteiger partial charge in [0.05, 0.1) is 5.52 Å². The van der Waals surface area contributed by atoms with Crippen LogP contribution >= 0.6 is 0 Å². The smallest absolute Gasteiger partial charge is 0.276 e. The van der Waals surface area contributed by atoms with Gasteiger partial charge in [-0.2, -0.15) is 0 Å². The van der Waals surface area contributed by atoms with Crippen molar-refractivity contribution in [1.82, 2.24) is 13.7 Å². The van der Waals surface area contributed by atoms with Gasteiger partial charge < -0.3 is 9.13 Å². The summed E-state index contributed by atoms with van der Waals surface area (Å²) in [6.45, 7) is 6.67. The predicted octanol–water partition coefficient (Wildman–Crippen LogP) is 3.37. The minimum atomic E-state index is 0.0309. The Morgan fingerprint density at radius 3 is 2.50 bits per heavy atom. The minimum Gasteiger partial charge on any atom is -0.327 e. The van der Waals surface area contributed by atoms with Crippen molar-refractivity contribution in [1.29, 1.82) is 0 Å². The van der Waals surface area contributed by atoms with Gasteiger partial charge in [-0.15, -0.1) is 0 Å². The summed E-state index contributed by atoms with van der Waals surface area (Å²) in [5.41, 5.74) is 6.95. The second-order valence-electron chi connectivity index (χ2n) is 7.82. The maximum atomic E-state index is 12.8. The third-order valence-electron chi connectivity index (χ3n) is 6.17. The van der Waals surface area contributed by atoms with Gasteiger partial charge in [-0.1, -0.05) is 43.0 Å². The molecule has 30 heavy (non-hydrogen) atoms. The van der Waals surface area contributed by atoms with Crippen LogP contribution in [0.3, 0.4) is 0 Å². The van der Waals surface area contributed by atoms with Crippen molar-refractivity contribution >= 4 is 29.6 Å². The molecule has 0 bridgehead atoms. The molecule has 0 fully saturated rings. The molecule has 2 heterocycles. The van der Waals surface area contributed by atoms with Gasteiger partial charge in [0, 0.05) is 35.9 Å². The topological polar surface area (TPSA) is 31.9 Å². The fourth-order valence-electron chi connectivity index (χ4n) is 4.61. The van der Waals surface area contributed by atoms with Gasteiger partial charge in [0.1, 0.15) is 10.8 Å². The Hall–Kier alpha value is -3.53. The Morgan fingerprint density at radius 2 is 1.77 bits per heavy atom. The Morgan fingerprint density at radius 1 is 1.03 bits per heavy atom. The average Bonchev–Trinajstić information content (AvgIpc) is 3.21.